The average Bonchev–Trinajstić information content (AvgIpc) is 3.17. The van der Waals surface area contributed by atoms with Gasteiger partial charge in [-0.2, -0.15) is 0 Å². The number of nitrogens with one attached hydrogen (secondary N) is 1. The van der Waals surface area contributed by atoms with E-state index < -0.39 is 5.82 Å². The van der Waals surface area contributed by atoms with Gasteiger partial charge in [0.05, 0.1) is 12.8 Å². The first-order valence-corrected chi connectivity index (χ1v) is 9.82. The zero-order valence-corrected chi connectivity index (χ0v) is 16.4. The summed E-state index contributed by atoms with van der Waals surface area (Å²) in [4.78, 5) is 23.2. The van der Waals surface area contributed by atoms with Crippen LogP contribution in [0.2, 0.25) is 0 Å². The third-order valence-corrected chi connectivity index (χ3v) is 5.66. The van der Waals surface area contributed by atoms with Gasteiger partial charge in [-0.1, -0.05) is 24.3 Å². The molecule has 2 aromatic carbocycles. The Morgan fingerprint density at radius 3 is 2.77 bits per heavy atom. The maximum Gasteiger partial charge on any atom is 0.254 e. The quantitative estimate of drug-likeness (QED) is 0.550. The lowest BCUT2D eigenvalue weighted by Gasteiger charge is -2.35. The van der Waals surface area contributed by atoms with E-state index in [1.807, 2.05) is 36.4 Å². The molecule has 6 heteroatoms. The van der Waals surface area contributed by atoms with Crippen LogP contribution in [0.1, 0.15) is 33.4 Å². The second-order valence-corrected chi connectivity index (χ2v) is 7.32. The number of benzene rings is 2. The third-order valence-electron chi connectivity index (χ3n) is 5.66. The van der Waals surface area contributed by atoms with Gasteiger partial charge in [0, 0.05) is 34.9 Å². The molecule has 0 aliphatic carbocycles. The highest BCUT2D eigenvalue weighted by Crippen LogP contribution is 2.38. The van der Waals surface area contributed by atoms with Crippen molar-refractivity contribution in [3.8, 4) is 5.75 Å². The maximum absolute atomic E-state index is 14.3. The lowest BCUT2D eigenvalue weighted by Crippen LogP contribution is -2.41. The monoisotopic (exact) mass is 401 g/mol. The fourth-order valence-electron chi connectivity index (χ4n) is 4.27. The van der Waals surface area contributed by atoms with Crippen LogP contribution < -0.4 is 4.74 Å². The molecule has 5 rings (SSSR count). The van der Waals surface area contributed by atoms with Gasteiger partial charge in [0.2, 0.25) is 0 Å². The van der Waals surface area contributed by atoms with E-state index in [2.05, 4.69) is 16.0 Å². The van der Waals surface area contributed by atoms with Gasteiger partial charge in [-0.05, 0) is 48.4 Å². The molecule has 1 aliphatic rings. The molecular weight excluding hydrogens is 381 g/mol. The second-order valence-electron chi connectivity index (χ2n) is 7.32. The molecule has 1 amide bonds. The molecule has 1 atom stereocenters. The number of para-hydroxylation sites is 1. The minimum absolute atomic E-state index is 0.115. The highest BCUT2D eigenvalue weighted by atomic mass is 19.1. The molecule has 0 radical (unpaired) electrons. The minimum atomic E-state index is -0.555. The molecule has 2 aromatic heterocycles. The third kappa shape index (κ3) is 2.92. The van der Waals surface area contributed by atoms with Crippen LogP contribution in [0, 0.1) is 5.82 Å². The predicted octanol–water partition coefficient (Wildman–Crippen LogP) is 4.50. The molecule has 0 saturated heterocycles. The molecule has 0 fully saturated rings. The molecule has 1 N–H and O–H groups in total. The number of ether oxygens (including phenoxy) is 1. The molecule has 0 bridgehead atoms. The molecule has 150 valence electrons. The van der Waals surface area contributed by atoms with E-state index >= 15 is 0 Å². The molecule has 0 spiro atoms. The normalized spacial score (nSPS) is 15.8. The molecule has 5 nitrogen and oxygen atoms in total. The summed E-state index contributed by atoms with van der Waals surface area (Å²) in [5, 5.41) is 1.16. The summed E-state index contributed by atoms with van der Waals surface area (Å²) in [7, 11) is 1.40. The summed E-state index contributed by atoms with van der Waals surface area (Å²) in [6.07, 6.45) is 2.44. The number of pyridine rings is 1. The van der Waals surface area contributed by atoms with Crippen molar-refractivity contribution in [2.75, 3.05) is 13.7 Å². The summed E-state index contributed by atoms with van der Waals surface area (Å²) in [6.45, 7) is 0.516. The van der Waals surface area contributed by atoms with Crippen LogP contribution in [0.3, 0.4) is 0 Å². The smallest absolute Gasteiger partial charge is 0.254 e. The van der Waals surface area contributed by atoms with Crippen molar-refractivity contribution in [3.05, 3.63) is 95.2 Å². The van der Waals surface area contributed by atoms with Crippen LogP contribution >= 0.6 is 0 Å². The number of nitrogens with zero attached hydrogens (tertiary/aromatic N) is 2. The Morgan fingerprint density at radius 2 is 2.00 bits per heavy atom. The Balaban J connectivity index is 1.62. The standard InChI is InChI=1S/C24H20FN3O2/c1-30-21-10-9-15(14-18(21)25)24(29)28-13-11-17-16-6-2-3-7-19(16)27-22(17)23(28)20-8-4-5-12-26-20/h2-10,12,14,23,27H,11,13H2,1H3. The number of halogens is 1. The predicted molar refractivity (Wildman–Crippen MR) is 112 cm³/mol. The highest BCUT2D eigenvalue weighted by molar-refractivity contribution is 5.95. The summed E-state index contributed by atoms with van der Waals surface area (Å²) in [5.41, 5.74) is 4.25. The summed E-state index contributed by atoms with van der Waals surface area (Å²) in [6, 6.07) is 17.8. The van der Waals surface area contributed by atoms with Gasteiger partial charge in [0.1, 0.15) is 6.04 Å². The van der Waals surface area contributed by atoms with Crippen molar-refractivity contribution < 1.29 is 13.9 Å². The number of aromatic amines is 1. The van der Waals surface area contributed by atoms with Crippen molar-refractivity contribution in [3.63, 3.8) is 0 Å². The van der Waals surface area contributed by atoms with Crippen LogP contribution in [-0.2, 0) is 6.42 Å². The Morgan fingerprint density at radius 1 is 1.17 bits per heavy atom. The van der Waals surface area contributed by atoms with Crippen molar-refractivity contribution in [2.24, 2.45) is 0 Å². The molecule has 0 saturated carbocycles. The topological polar surface area (TPSA) is 58.2 Å². The number of fused-ring (bicyclic) bond motifs is 3. The number of carbonyl (C=O) groups is 1. The number of H-pyrrole nitrogens is 1. The Kier molecular flexibility index (Phi) is 4.47. The van der Waals surface area contributed by atoms with E-state index in [9.17, 15) is 9.18 Å². The van der Waals surface area contributed by atoms with Crippen molar-refractivity contribution in [1.29, 1.82) is 0 Å². The van der Waals surface area contributed by atoms with Crippen LogP contribution in [-0.4, -0.2) is 34.4 Å². The van der Waals surface area contributed by atoms with Crippen LogP contribution in [0.15, 0.2) is 66.9 Å². The van der Waals surface area contributed by atoms with Crippen molar-refractivity contribution in [2.45, 2.75) is 12.5 Å². The first kappa shape index (κ1) is 18.4. The first-order valence-electron chi connectivity index (χ1n) is 9.82. The van der Waals surface area contributed by atoms with E-state index in [4.69, 9.17) is 4.74 Å². The van der Waals surface area contributed by atoms with Crippen LogP contribution in [0.4, 0.5) is 4.39 Å². The summed E-state index contributed by atoms with van der Waals surface area (Å²) < 4.78 is 19.2. The maximum atomic E-state index is 14.3. The van der Waals surface area contributed by atoms with Gasteiger partial charge in [0.15, 0.2) is 11.6 Å². The number of methoxy groups -OCH3 is 1. The fraction of sp³-hybridized carbons (Fsp3) is 0.167. The Hall–Kier alpha value is -3.67. The van der Waals surface area contributed by atoms with E-state index in [0.717, 1.165) is 22.3 Å². The number of carbonyl (C=O) groups excluding carboxylic acids is 1. The van der Waals surface area contributed by atoms with E-state index in [-0.39, 0.29) is 23.3 Å². The summed E-state index contributed by atoms with van der Waals surface area (Å²) in [5.74, 6) is -0.679. The second kappa shape index (κ2) is 7.30. The number of amides is 1. The number of hydrogen-bond acceptors (Lipinski definition) is 3. The summed E-state index contributed by atoms with van der Waals surface area (Å²) >= 11 is 0. The van der Waals surface area contributed by atoms with Crippen LogP contribution in [0.5, 0.6) is 5.75 Å². The highest BCUT2D eigenvalue weighted by Gasteiger charge is 2.35. The van der Waals surface area contributed by atoms with E-state index in [1.54, 1.807) is 17.2 Å². The minimum Gasteiger partial charge on any atom is -0.494 e. The van der Waals surface area contributed by atoms with Crippen LogP contribution in [0.25, 0.3) is 10.9 Å². The zero-order chi connectivity index (χ0) is 20.7. The fourth-order valence-corrected chi connectivity index (χ4v) is 4.27. The average molecular weight is 401 g/mol. The SMILES string of the molecule is COc1ccc(C(=O)N2CCc3c([nH]c4ccccc34)C2c2ccccn2)cc1F. The largest absolute Gasteiger partial charge is 0.494 e. The molecule has 3 heterocycles. The van der Waals surface area contributed by atoms with E-state index in [1.165, 1.54) is 24.8 Å². The number of rotatable bonds is 3. The Bertz CT molecular complexity index is 1240. The van der Waals surface area contributed by atoms with Crippen molar-refractivity contribution >= 4 is 16.8 Å². The number of aromatic nitrogens is 2. The zero-order valence-electron chi connectivity index (χ0n) is 16.4. The number of hydrogen-bond donors (Lipinski definition) is 1. The Labute approximate surface area is 173 Å². The van der Waals surface area contributed by atoms with Gasteiger partial charge >= 0.3 is 0 Å². The lowest BCUT2D eigenvalue weighted by molar-refractivity contribution is 0.0688. The van der Waals surface area contributed by atoms with E-state index in [0.29, 0.717) is 13.0 Å². The molecular formula is C24H20FN3O2. The van der Waals surface area contributed by atoms with Crippen molar-refractivity contribution in [1.82, 2.24) is 14.9 Å². The molecule has 1 unspecified atom stereocenters. The first-order chi connectivity index (χ1) is 14.7. The van der Waals surface area contributed by atoms with Gasteiger partial charge in [-0.15, -0.1) is 0 Å². The molecule has 1 aliphatic heterocycles. The van der Waals surface area contributed by atoms with Gasteiger partial charge in [0.25, 0.3) is 5.91 Å². The molecule has 4 aromatic rings. The lowest BCUT2D eigenvalue weighted by atomic mass is 9.94. The van der Waals surface area contributed by atoms with Gasteiger partial charge in [-0.3, -0.25) is 9.78 Å². The van der Waals surface area contributed by atoms with Gasteiger partial charge < -0.3 is 14.6 Å². The van der Waals surface area contributed by atoms with Gasteiger partial charge in [-0.25, -0.2) is 4.39 Å². The molecule has 30 heavy (non-hydrogen) atoms.